The fourth-order valence-corrected chi connectivity index (χ4v) is 5.07. The topological polar surface area (TPSA) is 42.4 Å². The van der Waals surface area contributed by atoms with Crippen molar-refractivity contribution in [2.24, 2.45) is 11.8 Å². The third kappa shape index (κ3) is 2.76. The summed E-state index contributed by atoms with van der Waals surface area (Å²) < 4.78 is 6.27. The molecule has 3 fully saturated rings. The molecule has 1 saturated carbocycles. The highest BCUT2D eigenvalue weighted by Crippen LogP contribution is 2.48. The standard InChI is InChI=1S/C17H22N2O2S/c1-12-6-15(12)16(20)19-10-17(11-19)7-14(9-22-17)21-8-13-4-2-3-5-18-13/h2-5,12,14-15H,6-11H2,1H3/t12-,14+,15+/m1/s1. The zero-order valence-electron chi connectivity index (χ0n) is 12.9. The van der Waals surface area contributed by atoms with Crippen LogP contribution in [0.25, 0.3) is 0 Å². The van der Waals surface area contributed by atoms with Gasteiger partial charge in [-0.05, 0) is 30.9 Å². The second-order valence-corrected chi connectivity index (χ2v) is 8.45. The maximum absolute atomic E-state index is 12.2. The number of carbonyl (C=O) groups excluding carboxylic acids is 1. The minimum absolute atomic E-state index is 0.266. The maximum Gasteiger partial charge on any atom is 0.226 e. The molecule has 1 aliphatic carbocycles. The summed E-state index contributed by atoms with van der Waals surface area (Å²) in [5.41, 5.74) is 0.988. The van der Waals surface area contributed by atoms with E-state index in [0.717, 1.165) is 37.4 Å². The number of amides is 1. The molecule has 0 unspecified atom stereocenters. The van der Waals surface area contributed by atoms with Gasteiger partial charge >= 0.3 is 0 Å². The van der Waals surface area contributed by atoms with E-state index in [-0.39, 0.29) is 4.75 Å². The quantitative estimate of drug-likeness (QED) is 0.854. The van der Waals surface area contributed by atoms with Gasteiger partial charge in [0.15, 0.2) is 0 Å². The Morgan fingerprint density at radius 3 is 3.00 bits per heavy atom. The van der Waals surface area contributed by atoms with Crippen molar-refractivity contribution in [1.82, 2.24) is 9.88 Å². The van der Waals surface area contributed by atoms with Crippen LogP contribution in [0, 0.1) is 11.8 Å². The van der Waals surface area contributed by atoms with Gasteiger partial charge in [-0.15, -0.1) is 11.8 Å². The van der Waals surface area contributed by atoms with Crippen molar-refractivity contribution in [3.63, 3.8) is 0 Å². The summed E-state index contributed by atoms with van der Waals surface area (Å²) in [5.74, 6) is 2.35. The van der Waals surface area contributed by atoms with Gasteiger partial charge in [0.2, 0.25) is 5.91 Å². The van der Waals surface area contributed by atoms with Crippen LogP contribution >= 0.6 is 11.8 Å². The Kier molecular flexibility index (Phi) is 3.65. The van der Waals surface area contributed by atoms with E-state index in [4.69, 9.17) is 4.74 Å². The fraction of sp³-hybridized carbons (Fsp3) is 0.647. The van der Waals surface area contributed by atoms with Crippen LogP contribution in [0.2, 0.25) is 0 Å². The third-order valence-electron chi connectivity index (χ3n) is 5.06. The number of carbonyl (C=O) groups is 1. The molecule has 3 heterocycles. The second kappa shape index (κ2) is 5.53. The monoisotopic (exact) mass is 318 g/mol. The molecule has 2 aliphatic heterocycles. The molecule has 118 valence electrons. The van der Waals surface area contributed by atoms with E-state index in [1.54, 1.807) is 6.20 Å². The summed E-state index contributed by atoms with van der Waals surface area (Å²) in [6, 6.07) is 5.91. The summed E-state index contributed by atoms with van der Waals surface area (Å²) in [7, 11) is 0. The lowest BCUT2D eigenvalue weighted by molar-refractivity contribution is -0.138. The van der Waals surface area contributed by atoms with Gasteiger partial charge in [0.25, 0.3) is 0 Å². The minimum atomic E-state index is 0.266. The van der Waals surface area contributed by atoms with Crippen LogP contribution < -0.4 is 0 Å². The molecule has 0 bridgehead atoms. The summed E-state index contributed by atoms with van der Waals surface area (Å²) >= 11 is 1.99. The Hall–Kier alpha value is -1.07. The Morgan fingerprint density at radius 2 is 2.32 bits per heavy atom. The lowest BCUT2D eigenvalue weighted by Gasteiger charge is -2.47. The molecule has 0 aromatic carbocycles. The van der Waals surface area contributed by atoms with Crippen molar-refractivity contribution in [1.29, 1.82) is 0 Å². The molecule has 0 radical (unpaired) electrons. The molecular weight excluding hydrogens is 296 g/mol. The largest absolute Gasteiger partial charge is 0.371 e. The van der Waals surface area contributed by atoms with Crippen LogP contribution in [0.3, 0.4) is 0 Å². The van der Waals surface area contributed by atoms with E-state index >= 15 is 0 Å². The Balaban J connectivity index is 1.24. The summed E-state index contributed by atoms with van der Waals surface area (Å²) in [6.45, 7) is 4.60. The molecule has 1 aromatic rings. The van der Waals surface area contributed by atoms with Crippen LogP contribution in [0.15, 0.2) is 24.4 Å². The van der Waals surface area contributed by atoms with E-state index in [9.17, 15) is 4.79 Å². The van der Waals surface area contributed by atoms with Crippen molar-refractivity contribution in [2.45, 2.75) is 37.2 Å². The third-order valence-corrected chi connectivity index (χ3v) is 6.64. The fourth-order valence-electron chi connectivity index (χ4n) is 3.52. The van der Waals surface area contributed by atoms with E-state index in [2.05, 4.69) is 16.8 Å². The molecule has 1 spiro atoms. The van der Waals surface area contributed by atoms with Gasteiger partial charge in [-0.25, -0.2) is 0 Å². The second-order valence-electron chi connectivity index (χ2n) is 6.97. The smallest absolute Gasteiger partial charge is 0.226 e. The van der Waals surface area contributed by atoms with Gasteiger partial charge in [0.05, 0.1) is 23.2 Å². The maximum atomic E-state index is 12.2. The van der Waals surface area contributed by atoms with Crippen LogP contribution in [0.1, 0.15) is 25.5 Å². The zero-order chi connectivity index (χ0) is 15.2. The SMILES string of the molecule is C[C@@H]1C[C@@H]1C(=O)N1CC2(C[C@H](OCc3ccccn3)CS2)C1. The molecule has 4 nitrogen and oxygen atoms in total. The number of hydrogen-bond donors (Lipinski definition) is 0. The van der Waals surface area contributed by atoms with Crippen LogP contribution in [0.5, 0.6) is 0 Å². The lowest BCUT2D eigenvalue weighted by atomic mass is 9.92. The number of hydrogen-bond acceptors (Lipinski definition) is 4. The number of likely N-dealkylation sites (tertiary alicyclic amines) is 1. The number of thioether (sulfide) groups is 1. The van der Waals surface area contributed by atoms with Crippen molar-refractivity contribution in [3.8, 4) is 0 Å². The van der Waals surface area contributed by atoms with Gasteiger partial charge < -0.3 is 9.64 Å². The summed E-state index contributed by atoms with van der Waals surface area (Å²) in [5, 5.41) is 0. The van der Waals surface area contributed by atoms with Crippen molar-refractivity contribution in [3.05, 3.63) is 30.1 Å². The first-order valence-electron chi connectivity index (χ1n) is 8.09. The molecular formula is C17H22N2O2S. The van der Waals surface area contributed by atoms with E-state index in [0.29, 0.717) is 30.5 Å². The summed E-state index contributed by atoms with van der Waals surface area (Å²) in [6.07, 6.45) is 4.25. The number of aromatic nitrogens is 1. The van der Waals surface area contributed by atoms with Crippen molar-refractivity contribution >= 4 is 17.7 Å². The van der Waals surface area contributed by atoms with Gasteiger partial charge in [0, 0.05) is 31.0 Å². The van der Waals surface area contributed by atoms with Gasteiger partial charge in [-0.1, -0.05) is 13.0 Å². The molecule has 22 heavy (non-hydrogen) atoms. The number of nitrogens with zero attached hydrogens (tertiary/aromatic N) is 2. The van der Waals surface area contributed by atoms with Gasteiger partial charge in [0.1, 0.15) is 0 Å². The number of rotatable bonds is 4. The highest BCUT2D eigenvalue weighted by molar-refractivity contribution is 8.01. The molecule has 0 N–H and O–H groups in total. The molecule has 1 amide bonds. The predicted octanol–water partition coefficient (Wildman–Crippen LogP) is 2.34. The van der Waals surface area contributed by atoms with E-state index in [1.165, 1.54) is 0 Å². The van der Waals surface area contributed by atoms with Gasteiger partial charge in [-0.3, -0.25) is 9.78 Å². The Morgan fingerprint density at radius 1 is 1.50 bits per heavy atom. The van der Waals surface area contributed by atoms with Crippen molar-refractivity contribution in [2.75, 3.05) is 18.8 Å². The minimum Gasteiger partial charge on any atom is -0.371 e. The predicted molar refractivity (Wildman–Crippen MR) is 86.5 cm³/mol. The highest BCUT2D eigenvalue weighted by atomic mass is 32.2. The first-order chi connectivity index (χ1) is 10.7. The highest BCUT2D eigenvalue weighted by Gasteiger charge is 2.53. The van der Waals surface area contributed by atoms with Crippen LogP contribution in [-0.2, 0) is 16.1 Å². The molecule has 5 heteroatoms. The zero-order valence-corrected chi connectivity index (χ0v) is 13.7. The number of ether oxygens (including phenoxy) is 1. The number of pyridine rings is 1. The van der Waals surface area contributed by atoms with Crippen LogP contribution in [0.4, 0.5) is 0 Å². The summed E-state index contributed by atoms with van der Waals surface area (Å²) in [4.78, 5) is 18.6. The first-order valence-corrected chi connectivity index (χ1v) is 9.08. The van der Waals surface area contributed by atoms with E-state index in [1.807, 2.05) is 30.0 Å². The molecule has 3 aliphatic rings. The van der Waals surface area contributed by atoms with E-state index < -0.39 is 0 Å². The van der Waals surface area contributed by atoms with Crippen LogP contribution in [-0.4, -0.2) is 45.5 Å². The molecule has 1 aromatic heterocycles. The van der Waals surface area contributed by atoms with Crippen molar-refractivity contribution < 1.29 is 9.53 Å². The molecule has 4 rings (SSSR count). The first kappa shape index (κ1) is 14.5. The average molecular weight is 318 g/mol. The average Bonchev–Trinajstić information content (AvgIpc) is 3.08. The molecule has 3 atom stereocenters. The lowest BCUT2D eigenvalue weighted by Crippen LogP contribution is -2.61. The molecule has 2 saturated heterocycles. The normalized spacial score (nSPS) is 32.0. The Labute approximate surface area is 135 Å². The Bertz CT molecular complexity index is 559. The van der Waals surface area contributed by atoms with Gasteiger partial charge in [-0.2, -0.15) is 0 Å².